The molecule has 0 bridgehead atoms. The number of ether oxygens (including phenoxy) is 2. The van der Waals surface area contributed by atoms with Crippen LogP contribution in [0.4, 0.5) is 0 Å². The van der Waals surface area contributed by atoms with Crippen LogP contribution in [0.15, 0.2) is 72.8 Å². The lowest BCUT2D eigenvalue weighted by atomic mass is 9.86. The summed E-state index contributed by atoms with van der Waals surface area (Å²) in [5.41, 5.74) is 3.79. The van der Waals surface area contributed by atoms with Crippen molar-refractivity contribution in [3.8, 4) is 0 Å². The number of benzene rings is 2. The molecule has 0 radical (unpaired) electrons. The number of nitrogens with zero attached hydrogens (tertiary/aromatic N) is 1. The molecule has 0 fully saturated rings. The molecule has 2 aromatic carbocycles. The van der Waals surface area contributed by atoms with Gasteiger partial charge in [-0.1, -0.05) is 87.4 Å². The number of hydrogen-bond acceptors (Lipinski definition) is 7. The third-order valence-electron chi connectivity index (χ3n) is 6.61. The smallest absolute Gasteiger partial charge is 0.347 e. The van der Waals surface area contributed by atoms with Gasteiger partial charge in [0.25, 0.3) is 0 Å². The summed E-state index contributed by atoms with van der Waals surface area (Å²) in [5.74, 6) is -0.0271. The Hall–Kier alpha value is -2.85. The van der Waals surface area contributed by atoms with E-state index in [4.69, 9.17) is 28.1 Å². The second-order valence-electron chi connectivity index (χ2n) is 9.39. The Bertz CT molecular complexity index is 1090. The van der Waals surface area contributed by atoms with Gasteiger partial charge in [0, 0.05) is 26.0 Å². The van der Waals surface area contributed by atoms with Crippen LogP contribution in [0.3, 0.4) is 0 Å². The molecule has 0 aliphatic rings. The highest BCUT2D eigenvalue weighted by Crippen LogP contribution is 2.35. The summed E-state index contributed by atoms with van der Waals surface area (Å²) >= 11 is 0. The normalized spacial score (nSPS) is 11.6. The zero-order chi connectivity index (χ0) is 29.1. The fourth-order valence-corrected chi connectivity index (χ4v) is 4.57. The van der Waals surface area contributed by atoms with E-state index >= 15 is 0 Å². The van der Waals surface area contributed by atoms with Crippen LogP contribution in [0, 0.1) is 36.9 Å². The number of aryl methyl sites for hydroxylation is 3. The largest absolute Gasteiger partial charge is 0.463 e. The van der Waals surface area contributed by atoms with Crippen molar-refractivity contribution in [2.75, 3.05) is 13.2 Å². The fraction of sp³-hybridized carbons (Fsp3) is 0.400. The minimum absolute atomic E-state index is 0.335. The Morgan fingerprint density at radius 2 is 1.28 bits per heavy atom. The molecule has 0 N–H and O–H groups in total. The Labute approximate surface area is 233 Å². The van der Waals surface area contributed by atoms with Crippen LogP contribution in [-0.4, -0.2) is 19.2 Å². The maximum atomic E-state index is 13.9. The third-order valence-corrected chi connectivity index (χ3v) is 6.61. The molecule has 0 spiro atoms. The first-order valence-electron chi connectivity index (χ1n) is 12.9. The van der Waals surface area contributed by atoms with Gasteiger partial charge in [0.15, 0.2) is 17.9 Å². The van der Waals surface area contributed by atoms with E-state index in [0.717, 1.165) is 24.0 Å². The monoisotopic (exact) mass is 559 g/mol. The zero-order valence-corrected chi connectivity index (χ0v) is 24.0. The Kier molecular flexibility index (Phi) is 12.5. The summed E-state index contributed by atoms with van der Waals surface area (Å²) in [6.45, 7) is 12.0. The number of esters is 1. The van der Waals surface area contributed by atoms with Crippen molar-refractivity contribution >= 4 is 5.97 Å². The van der Waals surface area contributed by atoms with E-state index in [1.54, 1.807) is 0 Å². The van der Waals surface area contributed by atoms with Gasteiger partial charge >= 0.3 is 5.97 Å². The lowest BCUT2D eigenvalue weighted by Crippen LogP contribution is -2.68. The van der Waals surface area contributed by atoms with E-state index in [1.165, 1.54) is 17.0 Å². The number of rotatable bonds is 11. The van der Waals surface area contributed by atoms with Crippen LogP contribution in [0.2, 0.25) is 0 Å². The molecule has 1 heterocycles. The van der Waals surface area contributed by atoms with Crippen molar-refractivity contribution in [1.29, 1.82) is 0 Å². The minimum atomic E-state index is -4.94. The summed E-state index contributed by atoms with van der Waals surface area (Å²) in [6.07, 6.45) is 1.94. The third kappa shape index (κ3) is 9.69. The van der Waals surface area contributed by atoms with Gasteiger partial charge < -0.3 is 9.47 Å². The van der Waals surface area contributed by atoms with Gasteiger partial charge in [-0.2, -0.15) is 4.57 Å². The van der Waals surface area contributed by atoms with Crippen LogP contribution in [0.5, 0.6) is 0 Å². The molecule has 0 aliphatic heterocycles. The summed E-state index contributed by atoms with van der Waals surface area (Å²) in [7, 11) is -4.94. The van der Waals surface area contributed by atoms with Crippen molar-refractivity contribution < 1.29 is 47.7 Å². The lowest BCUT2D eigenvalue weighted by molar-refractivity contribution is -2.00. The molecule has 1 aromatic heterocycles. The first kappa shape index (κ1) is 32.4. The summed E-state index contributed by atoms with van der Waals surface area (Å²) in [6, 6.07) is 23.8. The quantitative estimate of drug-likeness (QED) is 0.254. The summed E-state index contributed by atoms with van der Waals surface area (Å²) in [5, 5.41) is 0. The Morgan fingerprint density at radius 1 is 0.846 bits per heavy atom. The molecular weight excluding hydrogens is 522 g/mol. The topological polar surface area (TPSA) is 132 Å². The average Bonchev–Trinajstić information content (AvgIpc) is 2.88. The van der Waals surface area contributed by atoms with Gasteiger partial charge in [-0.05, 0) is 29.5 Å². The van der Waals surface area contributed by atoms with E-state index in [0.29, 0.717) is 25.7 Å². The van der Waals surface area contributed by atoms with Crippen molar-refractivity contribution in [2.24, 2.45) is 5.92 Å². The van der Waals surface area contributed by atoms with Crippen molar-refractivity contribution in [2.45, 2.75) is 59.6 Å². The zero-order valence-electron chi connectivity index (χ0n) is 23.2. The van der Waals surface area contributed by atoms with Gasteiger partial charge in [0.2, 0.25) is 5.60 Å². The molecule has 0 amide bonds. The molecule has 0 unspecified atom stereocenters. The van der Waals surface area contributed by atoms with Gasteiger partial charge in [-0.15, -0.1) is 10.2 Å². The maximum Gasteiger partial charge on any atom is 0.347 e. The van der Waals surface area contributed by atoms with Crippen LogP contribution in [0.25, 0.3) is 0 Å². The highest BCUT2D eigenvalue weighted by Gasteiger charge is 2.45. The molecule has 39 heavy (non-hydrogen) atoms. The van der Waals surface area contributed by atoms with Crippen LogP contribution < -0.4 is 23.2 Å². The summed E-state index contributed by atoms with van der Waals surface area (Å²) in [4.78, 5) is 13.9. The van der Waals surface area contributed by atoms with Crippen LogP contribution in [0.1, 0.15) is 54.8 Å². The van der Waals surface area contributed by atoms with E-state index in [2.05, 4.69) is 51.3 Å². The van der Waals surface area contributed by atoms with Gasteiger partial charge in [0.05, 0.1) is 6.61 Å². The van der Waals surface area contributed by atoms with E-state index in [9.17, 15) is 4.79 Å². The minimum Gasteiger partial charge on any atom is -0.463 e. The molecular formula is C30H38ClNO7. The number of carbonyl (C=O) groups is 1. The predicted molar refractivity (Wildman–Crippen MR) is 135 cm³/mol. The van der Waals surface area contributed by atoms with Crippen molar-refractivity contribution in [3.05, 3.63) is 101 Å². The number of pyridine rings is 1. The van der Waals surface area contributed by atoms with Crippen molar-refractivity contribution in [1.82, 2.24) is 0 Å². The Balaban J connectivity index is 0.000000976. The molecule has 0 saturated carbocycles. The second kappa shape index (κ2) is 15.1. The number of hydrogen-bond donors (Lipinski definition) is 0. The Morgan fingerprint density at radius 3 is 1.69 bits per heavy atom. The fourth-order valence-electron chi connectivity index (χ4n) is 4.57. The van der Waals surface area contributed by atoms with Crippen molar-refractivity contribution in [3.63, 3.8) is 0 Å². The standard InChI is InChI=1S/C30H38NO3.ClHO4/c1-6-26(7-2)22-33-29(32)30(27-14-10-8-11-15-27,28-16-12-9-13-17-28)34-19-18-31-24(4)20-23(3)21-25(31)5;2-1(3,4)5/h8-17,20-21,26H,6-7,18-19,22H2,1-5H3;(H,2,3,4,5)/q+1;/p-1. The molecule has 3 rings (SSSR count). The second-order valence-corrected chi connectivity index (χ2v) is 10.1. The number of halogens is 1. The predicted octanol–water partition coefficient (Wildman–Crippen LogP) is 1.08. The number of carbonyl (C=O) groups excluding carboxylic acids is 1. The lowest BCUT2D eigenvalue weighted by Gasteiger charge is -2.33. The molecule has 0 atom stereocenters. The van der Waals surface area contributed by atoms with Gasteiger partial charge in [-0.25, -0.2) is 23.4 Å². The molecule has 8 nitrogen and oxygen atoms in total. The molecule has 3 aromatic rings. The first-order chi connectivity index (χ1) is 18.4. The molecule has 0 aliphatic carbocycles. The highest BCUT2D eigenvalue weighted by molar-refractivity contribution is 5.85. The van der Waals surface area contributed by atoms with Crippen LogP contribution in [-0.2, 0) is 26.4 Å². The van der Waals surface area contributed by atoms with Crippen LogP contribution >= 0.6 is 0 Å². The SMILES string of the molecule is CCC(CC)COC(=O)C(OCC[n+]1c(C)cc(C)cc1C)(c1ccccc1)c1ccccc1.[O-][Cl+3]([O-])([O-])[O-]. The van der Waals surface area contributed by atoms with Gasteiger partial charge in [0.1, 0.15) is 6.61 Å². The molecule has 212 valence electrons. The van der Waals surface area contributed by atoms with Gasteiger partial charge in [-0.3, -0.25) is 0 Å². The maximum absolute atomic E-state index is 13.9. The van der Waals surface area contributed by atoms with E-state index in [-0.39, 0.29) is 5.97 Å². The van der Waals surface area contributed by atoms with E-state index < -0.39 is 15.8 Å². The average molecular weight is 560 g/mol. The molecule has 0 saturated heterocycles. The number of aromatic nitrogens is 1. The highest BCUT2D eigenvalue weighted by atomic mass is 35.7. The summed E-state index contributed by atoms with van der Waals surface area (Å²) < 4.78 is 48.8. The van der Waals surface area contributed by atoms with E-state index in [1.807, 2.05) is 60.7 Å². The molecule has 9 heteroatoms. The first-order valence-corrected chi connectivity index (χ1v) is 14.2.